The van der Waals surface area contributed by atoms with Crippen molar-refractivity contribution in [2.24, 2.45) is 5.92 Å². The maximum atomic E-state index is 12.7. The third-order valence-corrected chi connectivity index (χ3v) is 4.66. The van der Waals surface area contributed by atoms with Gasteiger partial charge in [0.25, 0.3) is 11.6 Å². The third-order valence-electron chi connectivity index (χ3n) is 4.34. The van der Waals surface area contributed by atoms with Crippen LogP contribution in [0.5, 0.6) is 0 Å². The molecule has 1 aromatic carbocycles. The molecule has 0 spiro atoms. The first-order valence-electron chi connectivity index (χ1n) is 7.03. The molecule has 2 saturated heterocycles. The van der Waals surface area contributed by atoms with Crippen molar-refractivity contribution in [3.63, 3.8) is 0 Å². The minimum Gasteiger partial charge on any atom is -0.338 e. The first-order valence-corrected chi connectivity index (χ1v) is 7.41. The molecule has 2 heterocycles. The van der Waals surface area contributed by atoms with Gasteiger partial charge in [-0.25, -0.2) is 0 Å². The van der Waals surface area contributed by atoms with Crippen LogP contribution in [-0.4, -0.2) is 41.4 Å². The van der Waals surface area contributed by atoms with Gasteiger partial charge in [0, 0.05) is 25.2 Å². The average molecular weight is 346 g/mol. The average Bonchev–Trinajstić information content (AvgIpc) is 2.93. The molecule has 0 saturated carbocycles. The lowest BCUT2D eigenvalue weighted by Crippen LogP contribution is -2.47. The Morgan fingerprint density at radius 1 is 1.41 bits per heavy atom. The van der Waals surface area contributed by atoms with Crippen LogP contribution in [0.4, 0.5) is 5.69 Å². The third kappa shape index (κ3) is 3.04. The number of hydrogen-bond donors (Lipinski definition) is 1. The van der Waals surface area contributed by atoms with Gasteiger partial charge in [-0.05, 0) is 31.4 Å². The fourth-order valence-electron chi connectivity index (χ4n) is 3.27. The number of nitrogens with zero attached hydrogens (tertiary/aromatic N) is 2. The fraction of sp³-hybridized carbons (Fsp3) is 0.500. The van der Waals surface area contributed by atoms with Gasteiger partial charge in [-0.1, -0.05) is 17.7 Å². The molecule has 0 radical (unpaired) electrons. The Morgan fingerprint density at radius 2 is 2.18 bits per heavy atom. The number of nitro benzene ring substituents is 1. The van der Waals surface area contributed by atoms with Crippen LogP contribution in [0.1, 0.15) is 23.2 Å². The van der Waals surface area contributed by atoms with Crippen LogP contribution < -0.4 is 5.32 Å². The molecule has 0 bridgehead atoms. The number of rotatable bonds is 2. The fourth-order valence-corrected chi connectivity index (χ4v) is 3.52. The number of piperidine rings is 1. The highest BCUT2D eigenvalue weighted by Crippen LogP contribution is 2.31. The van der Waals surface area contributed by atoms with E-state index in [1.54, 1.807) is 4.90 Å². The molecule has 22 heavy (non-hydrogen) atoms. The summed E-state index contributed by atoms with van der Waals surface area (Å²) in [7, 11) is 0. The van der Waals surface area contributed by atoms with Crippen molar-refractivity contribution in [2.45, 2.75) is 18.9 Å². The van der Waals surface area contributed by atoms with E-state index in [4.69, 9.17) is 11.6 Å². The highest BCUT2D eigenvalue weighted by molar-refractivity contribution is 6.34. The molecule has 6 nitrogen and oxygen atoms in total. The first-order chi connectivity index (χ1) is 10.1. The lowest BCUT2D eigenvalue weighted by Gasteiger charge is -2.34. The Bertz CT molecular complexity index is 597. The quantitative estimate of drug-likeness (QED) is 0.659. The van der Waals surface area contributed by atoms with Crippen LogP contribution in [0.3, 0.4) is 0 Å². The number of halogens is 2. The van der Waals surface area contributed by atoms with E-state index in [2.05, 4.69) is 5.32 Å². The van der Waals surface area contributed by atoms with E-state index >= 15 is 0 Å². The molecule has 2 aliphatic rings. The van der Waals surface area contributed by atoms with E-state index in [0.29, 0.717) is 25.0 Å². The maximum absolute atomic E-state index is 12.7. The van der Waals surface area contributed by atoms with Crippen LogP contribution in [0.25, 0.3) is 0 Å². The molecule has 2 unspecified atom stereocenters. The number of carbonyl (C=O) groups is 1. The van der Waals surface area contributed by atoms with Crippen molar-refractivity contribution in [2.75, 3.05) is 19.6 Å². The van der Waals surface area contributed by atoms with Gasteiger partial charge >= 0.3 is 0 Å². The summed E-state index contributed by atoms with van der Waals surface area (Å²) >= 11 is 6.03. The monoisotopic (exact) mass is 345 g/mol. The van der Waals surface area contributed by atoms with Gasteiger partial charge in [0.2, 0.25) is 0 Å². The molecule has 3 rings (SSSR count). The van der Waals surface area contributed by atoms with Crippen molar-refractivity contribution in [3.8, 4) is 0 Å². The first kappa shape index (κ1) is 17.0. The molecule has 2 fully saturated rings. The Labute approximate surface area is 139 Å². The van der Waals surface area contributed by atoms with E-state index in [1.165, 1.54) is 18.2 Å². The van der Waals surface area contributed by atoms with Gasteiger partial charge in [0.05, 0.1) is 9.95 Å². The van der Waals surface area contributed by atoms with E-state index in [0.717, 1.165) is 19.4 Å². The molecule has 1 N–H and O–H groups in total. The molecule has 8 heteroatoms. The zero-order valence-corrected chi connectivity index (χ0v) is 13.4. The molecule has 2 atom stereocenters. The van der Waals surface area contributed by atoms with Crippen LogP contribution in [-0.2, 0) is 0 Å². The Morgan fingerprint density at radius 3 is 2.91 bits per heavy atom. The van der Waals surface area contributed by atoms with Crippen molar-refractivity contribution in [3.05, 3.63) is 38.9 Å². The summed E-state index contributed by atoms with van der Waals surface area (Å²) in [6.07, 6.45) is 1.92. The van der Waals surface area contributed by atoms with Crippen LogP contribution in [0.15, 0.2) is 18.2 Å². The van der Waals surface area contributed by atoms with Gasteiger partial charge in [0.1, 0.15) is 5.56 Å². The maximum Gasteiger partial charge on any atom is 0.283 e. The number of hydrogen-bond acceptors (Lipinski definition) is 4. The number of amides is 1. The number of likely N-dealkylation sites (tertiary alicyclic amines) is 1. The van der Waals surface area contributed by atoms with Crippen molar-refractivity contribution in [1.82, 2.24) is 10.2 Å². The summed E-state index contributed by atoms with van der Waals surface area (Å²) in [6, 6.07) is 4.80. The number of fused-ring (bicyclic) bond motifs is 1. The van der Waals surface area contributed by atoms with Gasteiger partial charge in [-0.2, -0.15) is 0 Å². The van der Waals surface area contributed by atoms with Crippen molar-refractivity contribution in [1.29, 1.82) is 0 Å². The van der Waals surface area contributed by atoms with Crippen molar-refractivity contribution >= 4 is 35.6 Å². The van der Waals surface area contributed by atoms with E-state index in [1.807, 2.05) is 0 Å². The lowest BCUT2D eigenvalue weighted by molar-refractivity contribution is -0.385. The van der Waals surface area contributed by atoms with Crippen LogP contribution in [0.2, 0.25) is 5.02 Å². The number of nitro groups is 1. The minimum atomic E-state index is -0.553. The molecule has 120 valence electrons. The largest absolute Gasteiger partial charge is 0.338 e. The number of nitrogens with one attached hydrogen (secondary N) is 1. The second-order valence-electron chi connectivity index (χ2n) is 5.54. The smallest absolute Gasteiger partial charge is 0.283 e. The van der Waals surface area contributed by atoms with E-state index in [9.17, 15) is 14.9 Å². The molecular weight excluding hydrogens is 329 g/mol. The summed E-state index contributed by atoms with van der Waals surface area (Å²) < 4.78 is 0. The summed E-state index contributed by atoms with van der Waals surface area (Å²) in [5.41, 5.74) is -0.215. The zero-order valence-electron chi connectivity index (χ0n) is 11.8. The molecule has 2 aliphatic heterocycles. The second kappa shape index (κ2) is 6.81. The second-order valence-corrected chi connectivity index (χ2v) is 5.95. The normalized spacial score (nSPS) is 23.6. The van der Waals surface area contributed by atoms with Gasteiger partial charge in [0.15, 0.2) is 0 Å². The van der Waals surface area contributed by atoms with Crippen molar-refractivity contribution < 1.29 is 9.72 Å². The van der Waals surface area contributed by atoms with E-state index in [-0.39, 0.29) is 34.6 Å². The van der Waals surface area contributed by atoms with Crippen LogP contribution in [0, 0.1) is 16.0 Å². The molecule has 1 aromatic rings. The number of benzene rings is 1. The summed E-state index contributed by atoms with van der Waals surface area (Å²) in [5, 5.41) is 14.7. The predicted molar refractivity (Wildman–Crippen MR) is 85.8 cm³/mol. The summed E-state index contributed by atoms with van der Waals surface area (Å²) in [5.74, 6) is 0.0990. The predicted octanol–water partition coefficient (Wildman–Crippen LogP) is 2.49. The Balaban J connectivity index is 0.00000176. The summed E-state index contributed by atoms with van der Waals surface area (Å²) in [6.45, 7) is 2.22. The molecule has 0 aliphatic carbocycles. The molecular formula is C14H17Cl2N3O3. The molecule has 1 amide bonds. The van der Waals surface area contributed by atoms with Gasteiger partial charge in [-0.3, -0.25) is 14.9 Å². The zero-order chi connectivity index (χ0) is 15.0. The Hall–Kier alpha value is -1.37. The van der Waals surface area contributed by atoms with E-state index < -0.39 is 4.92 Å². The molecule has 0 aromatic heterocycles. The topological polar surface area (TPSA) is 75.5 Å². The summed E-state index contributed by atoms with van der Waals surface area (Å²) in [4.78, 5) is 24.9. The standard InChI is InChI=1S/C14H16ClN3O3.ClH/c15-10-2-1-3-12(18(20)21)13(10)14(19)17-7-5-11-9(8-17)4-6-16-11;/h1-3,9,11,16H,4-8H2;1H. The lowest BCUT2D eigenvalue weighted by atomic mass is 9.93. The number of carbonyl (C=O) groups excluding carboxylic acids is 1. The Kier molecular flexibility index (Phi) is 5.26. The highest BCUT2D eigenvalue weighted by atomic mass is 35.5. The van der Waals surface area contributed by atoms with Crippen LogP contribution >= 0.6 is 24.0 Å². The van der Waals surface area contributed by atoms with Gasteiger partial charge < -0.3 is 10.2 Å². The highest BCUT2D eigenvalue weighted by Gasteiger charge is 2.36. The SMILES string of the molecule is Cl.O=C(c1c(Cl)cccc1[N+](=O)[O-])N1CCC2NCCC2C1. The van der Waals surface area contributed by atoms with Gasteiger partial charge in [-0.15, -0.1) is 12.4 Å². The minimum absolute atomic E-state index is 0.